The summed E-state index contributed by atoms with van der Waals surface area (Å²) in [6.07, 6.45) is 5.92. The van der Waals surface area contributed by atoms with Crippen LogP contribution in [-0.4, -0.2) is 40.5 Å². The predicted molar refractivity (Wildman–Crippen MR) is 124 cm³/mol. The quantitative estimate of drug-likeness (QED) is 0.291. The van der Waals surface area contributed by atoms with Crippen molar-refractivity contribution in [2.75, 3.05) is 20.1 Å². The predicted octanol–water partition coefficient (Wildman–Crippen LogP) is 4.33. The van der Waals surface area contributed by atoms with E-state index in [-0.39, 0.29) is 29.8 Å². The summed E-state index contributed by atoms with van der Waals surface area (Å²) in [7, 11) is 2.03. The highest BCUT2D eigenvalue weighted by molar-refractivity contribution is 14.0. The Morgan fingerprint density at radius 2 is 2.21 bits per heavy atom. The van der Waals surface area contributed by atoms with Gasteiger partial charge in [0.2, 0.25) is 0 Å². The van der Waals surface area contributed by atoms with Crippen molar-refractivity contribution in [2.24, 2.45) is 4.99 Å². The zero-order valence-corrected chi connectivity index (χ0v) is 19.2. The first-order valence-corrected chi connectivity index (χ1v) is 9.84. The largest absolute Gasteiger partial charge is 0.357 e. The van der Waals surface area contributed by atoms with E-state index in [9.17, 15) is 4.39 Å². The van der Waals surface area contributed by atoms with E-state index in [4.69, 9.17) is 0 Å². The number of guanidine groups is 1. The molecule has 1 N–H and O–H groups in total. The molecule has 0 atom stereocenters. The van der Waals surface area contributed by atoms with Crippen LogP contribution in [0.3, 0.4) is 0 Å². The lowest BCUT2D eigenvalue weighted by Crippen LogP contribution is -2.39. The minimum atomic E-state index is -0.281. The van der Waals surface area contributed by atoms with Gasteiger partial charge in [0.25, 0.3) is 0 Å². The summed E-state index contributed by atoms with van der Waals surface area (Å²) in [6, 6.07) is 9.41. The molecule has 1 aromatic carbocycles. The number of benzene rings is 1. The first-order chi connectivity index (χ1) is 13.2. The fourth-order valence-corrected chi connectivity index (χ4v) is 3.43. The molecule has 0 bridgehead atoms. The van der Waals surface area contributed by atoms with Gasteiger partial charge in [-0.05, 0) is 42.5 Å². The second kappa shape index (κ2) is 11.2. The highest BCUT2D eigenvalue weighted by Gasteiger charge is 2.08. The molecule has 0 aliphatic heterocycles. The lowest BCUT2D eigenvalue weighted by atomic mass is 10.2. The van der Waals surface area contributed by atoms with Gasteiger partial charge in [0, 0.05) is 37.4 Å². The number of likely N-dealkylation sites (N-methyl/N-ethyl adjacent to an activating group) is 1. The first kappa shape index (κ1) is 22.4. The van der Waals surface area contributed by atoms with Gasteiger partial charge >= 0.3 is 0 Å². The summed E-state index contributed by atoms with van der Waals surface area (Å²) in [5.41, 5.74) is 1.32. The van der Waals surface area contributed by atoms with Gasteiger partial charge in [-0.25, -0.2) is 14.4 Å². The normalized spacial score (nSPS) is 11.2. The molecule has 8 heteroatoms. The van der Waals surface area contributed by atoms with Crippen LogP contribution in [0.5, 0.6) is 0 Å². The number of aromatic nitrogens is 2. The number of rotatable bonds is 7. The Labute approximate surface area is 186 Å². The second-order valence-electron chi connectivity index (χ2n) is 6.18. The van der Waals surface area contributed by atoms with Crippen molar-refractivity contribution in [3.05, 3.63) is 70.7 Å². The number of hydrogen-bond donors (Lipinski definition) is 1. The molecule has 0 aliphatic carbocycles. The molecule has 0 fully saturated rings. The molecule has 0 spiro atoms. The monoisotopic (exact) mass is 513 g/mol. The molecule has 0 unspecified atom stereocenters. The Bertz CT molecular complexity index is 865. The van der Waals surface area contributed by atoms with Gasteiger partial charge in [-0.3, -0.25) is 0 Å². The molecule has 3 aromatic rings. The van der Waals surface area contributed by atoms with E-state index in [1.807, 2.05) is 20.0 Å². The van der Waals surface area contributed by atoms with Crippen molar-refractivity contribution in [3.63, 3.8) is 0 Å². The molecule has 2 aromatic heterocycles. The van der Waals surface area contributed by atoms with Crippen molar-refractivity contribution in [1.82, 2.24) is 19.8 Å². The number of hydrogen-bond acceptors (Lipinski definition) is 3. The van der Waals surface area contributed by atoms with Crippen molar-refractivity contribution < 1.29 is 4.39 Å². The molecule has 5 nitrogen and oxygen atoms in total. The minimum Gasteiger partial charge on any atom is -0.357 e. The molecule has 0 saturated carbocycles. The Morgan fingerprint density at radius 1 is 1.36 bits per heavy atom. The van der Waals surface area contributed by atoms with Crippen LogP contribution in [0.4, 0.5) is 4.39 Å². The lowest BCUT2D eigenvalue weighted by molar-refractivity contribution is 0.486. The van der Waals surface area contributed by atoms with E-state index in [2.05, 4.69) is 37.7 Å². The Balaban J connectivity index is 0.00000280. The zero-order valence-electron chi connectivity index (χ0n) is 16.0. The summed E-state index contributed by atoms with van der Waals surface area (Å²) in [4.78, 5) is 12.1. The van der Waals surface area contributed by atoms with Crippen molar-refractivity contribution in [2.45, 2.75) is 19.9 Å². The fourth-order valence-electron chi connectivity index (χ4n) is 2.73. The average Bonchev–Trinajstić information content (AvgIpc) is 3.37. The maximum atomic E-state index is 14.4. The van der Waals surface area contributed by atoms with Gasteiger partial charge in [-0.15, -0.1) is 35.3 Å². The lowest BCUT2D eigenvalue weighted by Gasteiger charge is -2.21. The van der Waals surface area contributed by atoms with Gasteiger partial charge in [0.05, 0.1) is 18.6 Å². The highest BCUT2D eigenvalue weighted by Crippen LogP contribution is 2.16. The number of nitrogens with zero attached hydrogens (tertiary/aromatic N) is 4. The highest BCUT2D eigenvalue weighted by atomic mass is 127. The smallest absolute Gasteiger partial charge is 0.193 e. The second-order valence-corrected chi connectivity index (χ2v) is 7.21. The number of aliphatic imine (C=N–C) groups is 1. The summed E-state index contributed by atoms with van der Waals surface area (Å²) in [5, 5.41) is 5.40. The first-order valence-electron chi connectivity index (χ1n) is 8.96. The van der Waals surface area contributed by atoms with Crippen LogP contribution in [0, 0.1) is 5.82 Å². The van der Waals surface area contributed by atoms with Crippen LogP contribution in [0.1, 0.15) is 17.4 Å². The number of nitrogens with one attached hydrogen (secondary N) is 1. The maximum Gasteiger partial charge on any atom is 0.193 e. The van der Waals surface area contributed by atoms with Crippen LogP contribution in [0.25, 0.3) is 5.69 Å². The summed E-state index contributed by atoms with van der Waals surface area (Å²) < 4.78 is 16.1. The van der Waals surface area contributed by atoms with Crippen molar-refractivity contribution >= 4 is 41.3 Å². The third-order valence-corrected chi connectivity index (χ3v) is 5.11. The number of thiophene rings is 1. The van der Waals surface area contributed by atoms with E-state index in [0.717, 1.165) is 31.0 Å². The van der Waals surface area contributed by atoms with Crippen LogP contribution in [-0.2, 0) is 13.0 Å². The molecular formula is C20H25FIN5S. The summed E-state index contributed by atoms with van der Waals surface area (Å²) >= 11 is 1.77. The van der Waals surface area contributed by atoms with Gasteiger partial charge in [0.1, 0.15) is 5.82 Å². The zero-order chi connectivity index (χ0) is 19.1. The third-order valence-electron chi connectivity index (χ3n) is 4.18. The maximum absolute atomic E-state index is 14.4. The van der Waals surface area contributed by atoms with Gasteiger partial charge in [0.15, 0.2) is 5.96 Å². The van der Waals surface area contributed by atoms with Crippen LogP contribution >= 0.6 is 35.3 Å². The number of halogens is 2. The molecule has 0 saturated heterocycles. The van der Waals surface area contributed by atoms with E-state index >= 15 is 0 Å². The molecule has 2 heterocycles. The van der Waals surface area contributed by atoms with Gasteiger partial charge < -0.3 is 14.8 Å². The molecule has 3 rings (SSSR count). The Morgan fingerprint density at radius 3 is 2.86 bits per heavy atom. The van der Waals surface area contributed by atoms with E-state index in [0.29, 0.717) is 12.2 Å². The summed E-state index contributed by atoms with van der Waals surface area (Å²) in [5.74, 6) is 0.546. The van der Waals surface area contributed by atoms with Crippen LogP contribution in [0.15, 0.2) is 59.4 Å². The topological polar surface area (TPSA) is 45.5 Å². The fraction of sp³-hybridized carbons (Fsp3) is 0.300. The molecule has 28 heavy (non-hydrogen) atoms. The summed E-state index contributed by atoms with van der Waals surface area (Å²) in [6.45, 7) is 4.13. The SMILES string of the molecule is CCNC(=NCc1ccc(-n2ccnc2)c(F)c1)N(C)CCc1cccs1.I. The minimum absolute atomic E-state index is 0. The standard InChI is InChI=1S/C20H24FN5S.HI/c1-3-23-20(25(2)10-8-17-5-4-12-27-17)24-14-16-6-7-19(18(21)13-16)26-11-9-22-15-26;/h4-7,9,11-13,15H,3,8,10,14H2,1-2H3,(H,23,24);1H. The van der Waals surface area contributed by atoms with Crippen molar-refractivity contribution in [1.29, 1.82) is 0 Å². The third kappa shape index (κ3) is 6.03. The Kier molecular flexibility index (Phi) is 8.91. The van der Waals surface area contributed by atoms with E-state index in [1.54, 1.807) is 40.7 Å². The molecule has 0 aliphatic rings. The average molecular weight is 513 g/mol. The van der Waals surface area contributed by atoms with Crippen molar-refractivity contribution in [3.8, 4) is 5.69 Å². The van der Waals surface area contributed by atoms with Gasteiger partial charge in [-0.1, -0.05) is 12.1 Å². The van der Waals surface area contributed by atoms with Gasteiger partial charge in [-0.2, -0.15) is 0 Å². The van der Waals surface area contributed by atoms with E-state index in [1.165, 1.54) is 10.9 Å². The molecule has 0 amide bonds. The van der Waals surface area contributed by atoms with Crippen LogP contribution in [0.2, 0.25) is 0 Å². The molecular weight excluding hydrogens is 488 g/mol. The number of imidazole rings is 1. The molecule has 150 valence electrons. The van der Waals surface area contributed by atoms with Crippen LogP contribution < -0.4 is 5.32 Å². The molecule has 0 radical (unpaired) electrons. The van der Waals surface area contributed by atoms with E-state index < -0.39 is 0 Å². The Hall–Kier alpha value is -1.94.